The summed E-state index contributed by atoms with van der Waals surface area (Å²) in [4.78, 5) is 0. The highest BCUT2D eigenvalue weighted by Gasteiger charge is 2.27. The summed E-state index contributed by atoms with van der Waals surface area (Å²) in [6, 6.07) is 8.79. The van der Waals surface area contributed by atoms with E-state index in [4.69, 9.17) is 5.73 Å². The van der Waals surface area contributed by atoms with Crippen molar-refractivity contribution in [1.82, 2.24) is 5.32 Å². The number of rotatable bonds is 5. The smallest absolute Gasteiger partial charge is 0.0360 e. The fourth-order valence-corrected chi connectivity index (χ4v) is 2.99. The second kappa shape index (κ2) is 5.76. The molecule has 1 aromatic carbocycles. The second-order valence-corrected chi connectivity index (χ2v) is 6.28. The number of benzene rings is 1. The van der Waals surface area contributed by atoms with E-state index < -0.39 is 10.8 Å². The maximum absolute atomic E-state index is 11.3. The first-order valence-corrected chi connectivity index (χ1v) is 7.64. The van der Waals surface area contributed by atoms with E-state index in [1.807, 2.05) is 13.0 Å². The van der Waals surface area contributed by atoms with E-state index in [1.165, 1.54) is 11.1 Å². The zero-order valence-corrected chi connectivity index (χ0v) is 11.0. The average Bonchev–Trinajstić information content (AvgIpc) is 2.67. The minimum atomic E-state index is -0.687. The Morgan fingerprint density at radius 2 is 2.12 bits per heavy atom. The predicted molar refractivity (Wildman–Crippen MR) is 72.3 cm³/mol. The van der Waals surface area contributed by atoms with Gasteiger partial charge in [-0.1, -0.05) is 31.2 Å². The van der Waals surface area contributed by atoms with E-state index in [0.29, 0.717) is 6.04 Å². The highest BCUT2D eigenvalue weighted by molar-refractivity contribution is 7.84. The van der Waals surface area contributed by atoms with Crippen molar-refractivity contribution >= 4 is 10.8 Å². The van der Waals surface area contributed by atoms with Gasteiger partial charge in [0, 0.05) is 40.9 Å². The van der Waals surface area contributed by atoms with Gasteiger partial charge < -0.3 is 11.1 Å². The van der Waals surface area contributed by atoms with E-state index in [2.05, 4.69) is 23.5 Å². The van der Waals surface area contributed by atoms with Crippen LogP contribution in [0.3, 0.4) is 0 Å². The van der Waals surface area contributed by atoms with Crippen LogP contribution >= 0.6 is 0 Å². The predicted octanol–water partition coefficient (Wildman–Crippen LogP) is 1.49. The monoisotopic (exact) mass is 252 g/mol. The lowest BCUT2D eigenvalue weighted by Crippen LogP contribution is -2.25. The summed E-state index contributed by atoms with van der Waals surface area (Å²) in [5.74, 6) is 1.47. The Morgan fingerprint density at radius 1 is 1.41 bits per heavy atom. The summed E-state index contributed by atoms with van der Waals surface area (Å²) in [5.41, 5.74) is 8.65. The van der Waals surface area contributed by atoms with Gasteiger partial charge in [0.2, 0.25) is 0 Å². The first kappa shape index (κ1) is 12.7. The summed E-state index contributed by atoms with van der Waals surface area (Å²) in [6.45, 7) is 2.75. The van der Waals surface area contributed by atoms with Gasteiger partial charge in [-0.25, -0.2) is 0 Å². The molecule has 4 heteroatoms. The summed E-state index contributed by atoms with van der Waals surface area (Å²) < 4.78 is 11.3. The number of hydrogen-bond acceptors (Lipinski definition) is 3. The number of nitrogens with one attached hydrogen (secondary N) is 1. The second-order valence-electron chi connectivity index (χ2n) is 4.41. The normalized spacial score (nSPS) is 24.6. The van der Waals surface area contributed by atoms with Gasteiger partial charge in [-0.15, -0.1) is 0 Å². The van der Waals surface area contributed by atoms with Gasteiger partial charge in [-0.2, -0.15) is 0 Å². The molecule has 0 amide bonds. The lowest BCUT2D eigenvalue weighted by Gasteiger charge is -2.13. The zero-order valence-electron chi connectivity index (χ0n) is 10.2. The van der Waals surface area contributed by atoms with E-state index in [0.717, 1.165) is 24.5 Å². The molecule has 0 aliphatic heterocycles. The summed E-state index contributed by atoms with van der Waals surface area (Å²) in [7, 11) is -0.687. The SMILES string of the molecule is CCS(=O)CCNC1CC(N)c2ccccc21. The lowest BCUT2D eigenvalue weighted by atomic mass is 10.1. The lowest BCUT2D eigenvalue weighted by molar-refractivity contribution is 0.514. The number of hydrogen-bond donors (Lipinski definition) is 2. The van der Waals surface area contributed by atoms with Crippen molar-refractivity contribution in [2.75, 3.05) is 18.1 Å². The van der Waals surface area contributed by atoms with Crippen LogP contribution in [0.4, 0.5) is 0 Å². The summed E-state index contributed by atoms with van der Waals surface area (Å²) >= 11 is 0. The van der Waals surface area contributed by atoms with Crippen LogP contribution in [0.5, 0.6) is 0 Å². The molecule has 0 fully saturated rings. The molecule has 94 valence electrons. The molecule has 1 aromatic rings. The molecule has 0 aromatic heterocycles. The molecule has 3 N–H and O–H groups in total. The van der Waals surface area contributed by atoms with Crippen molar-refractivity contribution in [2.45, 2.75) is 25.4 Å². The largest absolute Gasteiger partial charge is 0.324 e. The first-order valence-electron chi connectivity index (χ1n) is 6.15. The van der Waals surface area contributed by atoms with Crippen molar-refractivity contribution in [3.05, 3.63) is 35.4 Å². The maximum atomic E-state index is 11.3. The van der Waals surface area contributed by atoms with Crippen LogP contribution in [0.1, 0.15) is 36.6 Å². The Morgan fingerprint density at radius 3 is 2.82 bits per heavy atom. The molecule has 17 heavy (non-hydrogen) atoms. The molecular weight excluding hydrogens is 232 g/mol. The Balaban J connectivity index is 1.94. The first-order chi connectivity index (χ1) is 8.22. The van der Waals surface area contributed by atoms with Crippen LogP contribution in [0.15, 0.2) is 24.3 Å². The minimum Gasteiger partial charge on any atom is -0.324 e. The van der Waals surface area contributed by atoms with Gasteiger partial charge in [-0.05, 0) is 17.5 Å². The van der Waals surface area contributed by atoms with Crippen LogP contribution in [0.2, 0.25) is 0 Å². The maximum Gasteiger partial charge on any atom is 0.0360 e. The van der Waals surface area contributed by atoms with Crippen molar-refractivity contribution in [2.24, 2.45) is 5.73 Å². The van der Waals surface area contributed by atoms with Crippen LogP contribution in [0.25, 0.3) is 0 Å². The van der Waals surface area contributed by atoms with Gasteiger partial charge in [-0.3, -0.25) is 4.21 Å². The highest BCUT2D eigenvalue weighted by Crippen LogP contribution is 2.36. The van der Waals surface area contributed by atoms with Crippen molar-refractivity contribution in [1.29, 1.82) is 0 Å². The number of nitrogens with two attached hydrogens (primary N) is 1. The fraction of sp³-hybridized carbons (Fsp3) is 0.538. The Labute approximate surface area is 105 Å². The van der Waals surface area contributed by atoms with Gasteiger partial charge in [0.1, 0.15) is 0 Å². The van der Waals surface area contributed by atoms with Gasteiger partial charge in [0.05, 0.1) is 0 Å². The third-order valence-corrected chi connectivity index (χ3v) is 4.61. The van der Waals surface area contributed by atoms with E-state index in [1.54, 1.807) is 0 Å². The zero-order chi connectivity index (χ0) is 12.3. The molecule has 3 atom stereocenters. The summed E-state index contributed by atoms with van der Waals surface area (Å²) in [6.07, 6.45) is 0.943. The molecule has 0 bridgehead atoms. The van der Waals surface area contributed by atoms with Crippen LogP contribution < -0.4 is 11.1 Å². The Hall–Kier alpha value is -0.710. The molecule has 0 spiro atoms. The molecule has 0 heterocycles. The van der Waals surface area contributed by atoms with E-state index >= 15 is 0 Å². The average molecular weight is 252 g/mol. The van der Waals surface area contributed by atoms with Crippen molar-refractivity contribution in [3.8, 4) is 0 Å². The fourth-order valence-electron chi connectivity index (χ4n) is 2.36. The molecule has 1 aliphatic rings. The third-order valence-electron chi connectivity index (χ3n) is 3.30. The topological polar surface area (TPSA) is 55.1 Å². The molecule has 0 radical (unpaired) electrons. The highest BCUT2D eigenvalue weighted by atomic mass is 32.2. The van der Waals surface area contributed by atoms with Crippen LogP contribution in [-0.2, 0) is 10.8 Å². The molecule has 0 saturated carbocycles. The van der Waals surface area contributed by atoms with Gasteiger partial charge >= 0.3 is 0 Å². The Kier molecular flexibility index (Phi) is 4.31. The third kappa shape index (κ3) is 2.94. The van der Waals surface area contributed by atoms with E-state index in [9.17, 15) is 4.21 Å². The van der Waals surface area contributed by atoms with Gasteiger partial charge in [0.25, 0.3) is 0 Å². The summed E-state index contributed by atoms with van der Waals surface area (Å²) in [5, 5.41) is 3.46. The van der Waals surface area contributed by atoms with E-state index in [-0.39, 0.29) is 6.04 Å². The van der Waals surface area contributed by atoms with Gasteiger partial charge in [0.15, 0.2) is 0 Å². The molecular formula is C13H20N2OS. The van der Waals surface area contributed by atoms with Crippen LogP contribution in [0, 0.1) is 0 Å². The molecule has 0 saturated heterocycles. The standard InChI is InChI=1S/C13H20N2OS/c1-2-17(16)8-7-15-13-9-12(14)10-5-3-4-6-11(10)13/h3-6,12-13,15H,2,7-9,14H2,1H3. The minimum absolute atomic E-state index is 0.139. The number of fused-ring (bicyclic) bond motifs is 1. The molecule has 3 nitrogen and oxygen atoms in total. The molecule has 1 aliphatic carbocycles. The van der Waals surface area contributed by atoms with Crippen molar-refractivity contribution < 1.29 is 4.21 Å². The van der Waals surface area contributed by atoms with Crippen LogP contribution in [-0.4, -0.2) is 22.3 Å². The Bertz CT molecular complexity index is 408. The quantitative estimate of drug-likeness (QED) is 0.835. The molecule has 2 rings (SSSR count). The van der Waals surface area contributed by atoms with Crippen molar-refractivity contribution in [3.63, 3.8) is 0 Å². The molecule has 3 unspecified atom stereocenters.